The van der Waals surface area contributed by atoms with Crippen molar-refractivity contribution < 1.29 is 10.2 Å². The zero-order chi connectivity index (χ0) is 12.6. The van der Waals surface area contributed by atoms with Gasteiger partial charge in [-0.15, -0.1) is 5.92 Å². The van der Waals surface area contributed by atoms with Crippen LogP contribution in [-0.4, -0.2) is 22.9 Å². The van der Waals surface area contributed by atoms with Gasteiger partial charge in [-0.25, -0.2) is 0 Å². The Balaban J connectivity index is 4.05. The highest BCUT2D eigenvalue weighted by Gasteiger charge is 2.29. The van der Waals surface area contributed by atoms with Crippen molar-refractivity contribution >= 4 is 0 Å². The Labute approximate surface area is 100 Å². The Morgan fingerprint density at radius 2 is 1.81 bits per heavy atom. The Morgan fingerprint density at radius 3 is 2.31 bits per heavy atom. The maximum atomic E-state index is 10.0. The standard InChI is InChI=1S/C14H26O2/c1-5-10-14(3,4)12(2)13(16)9-7-6-8-11-15/h12-13,15-16H,6-9,11H2,1-4H3. The summed E-state index contributed by atoms with van der Waals surface area (Å²) in [6.45, 7) is 8.29. The van der Waals surface area contributed by atoms with Gasteiger partial charge in [0.1, 0.15) is 0 Å². The summed E-state index contributed by atoms with van der Waals surface area (Å²) in [5, 5.41) is 18.7. The fourth-order valence-electron chi connectivity index (χ4n) is 1.81. The minimum atomic E-state index is -0.297. The summed E-state index contributed by atoms with van der Waals surface area (Å²) < 4.78 is 0. The Bertz CT molecular complexity index is 235. The van der Waals surface area contributed by atoms with Gasteiger partial charge in [0.25, 0.3) is 0 Å². The van der Waals surface area contributed by atoms with Gasteiger partial charge in [0.15, 0.2) is 0 Å². The van der Waals surface area contributed by atoms with E-state index < -0.39 is 0 Å². The van der Waals surface area contributed by atoms with Gasteiger partial charge in [0.2, 0.25) is 0 Å². The van der Waals surface area contributed by atoms with Crippen LogP contribution >= 0.6 is 0 Å². The molecule has 0 aliphatic rings. The normalized spacial score (nSPS) is 15.1. The van der Waals surface area contributed by atoms with E-state index in [0.717, 1.165) is 25.7 Å². The van der Waals surface area contributed by atoms with Crippen LogP contribution in [0.3, 0.4) is 0 Å². The Kier molecular flexibility index (Phi) is 7.45. The molecule has 0 bridgehead atoms. The number of unbranched alkanes of at least 4 members (excludes halogenated alkanes) is 2. The van der Waals surface area contributed by atoms with Gasteiger partial charge in [0, 0.05) is 12.0 Å². The third kappa shape index (κ3) is 5.53. The van der Waals surface area contributed by atoms with Crippen molar-refractivity contribution in [3.8, 4) is 11.8 Å². The third-order valence-electron chi connectivity index (χ3n) is 3.32. The number of hydrogen-bond donors (Lipinski definition) is 2. The molecule has 0 fully saturated rings. The molecule has 2 atom stereocenters. The van der Waals surface area contributed by atoms with Crippen LogP contribution in [0.1, 0.15) is 53.4 Å². The molecule has 0 saturated heterocycles. The molecule has 0 rings (SSSR count). The van der Waals surface area contributed by atoms with E-state index >= 15 is 0 Å². The second-order valence-electron chi connectivity index (χ2n) is 5.03. The first kappa shape index (κ1) is 15.5. The Morgan fingerprint density at radius 1 is 1.19 bits per heavy atom. The number of hydrogen-bond acceptors (Lipinski definition) is 2. The maximum Gasteiger partial charge on any atom is 0.0580 e. The molecule has 16 heavy (non-hydrogen) atoms. The highest BCUT2D eigenvalue weighted by Crippen LogP contribution is 2.30. The van der Waals surface area contributed by atoms with E-state index in [1.807, 2.05) is 6.92 Å². The average molecular weight is 226 g/mol. The second-order valence-corrected chi connectivity index (χ2v) is 5.03. The highest BCUT2D eigenvalue weighted by atomic mass is 16.3. The zero-order valence-corrected chi connectivity index (χ0v) is 11.1. The number of aliphatic hydroxyl groups is 2. The fraction of sp³-hybridized carbons (Fsp3) is 0.857. The molecule has 0 aromatic carbocycles. The van der Waals surface area contributed by atoms with Crippen LogP contribution in [0.5, 0.6) is 0 Å². The zero-order valence-electron chi connectivity index (χ0n) is 11.1. The lowest BCUT2D eigenvalue weighted by Crippen LogP contribution is -2.31. The molecule has 0 amide bonds. The summed E-state index contributed by atoms with van der Waals surface area (Å²) in [5.74, 6) is 6.26. The van der Waals surface area contributed by atoms with Crippen molar-refractivity contribution in [2.75, 3.05) is 6.61 Å². The van der Waals surface area contributed by atoms with Crippen molar-refractivity contribution in [1.82, 2.24) is 0 Å². The molecule has 0 saturated carbocycles. The molecule has 2 unspecified atom stereocenters. The summed E-state index contributed by atoms with van der Waals surface area (Å²) in [7, 11) is 0. The molecule has 0 heterocycles. The minimum absolute atomic E-state index is 0.134. The van der Waals surface area contributed by atoms with Gasteiger partial charge in [0.05, 0.1) is 6.10 Å². The highest BCUT2D eigenvalue weighted by molar-refractivity contribution is 5.09. The predicted molar refractivity (Wildman–Crippen MR) is 68.0 cm³/mol. The molecule has 2 nitrogen and oxygen atoms in total. The van der Waals surface area contributed by atoms with E-state index in [4.69, 9.17) is 5.11 Å². The molecular weight excluding hydrogens is 200 g/mol. The van der Waals surface area contributed by atoms with Crippen LogP contribution in [0.25, 0.3) is 0 Å². The first-order valence-corrected chi connectivity index (χ1v) is 6.18. The molecule has 0 aromatic heterocycles. The third-order valence-corrected chi connectivity index (χ3v) is 3.32. The summed E-state index contributed by atoms with van der Waals surface area (Å²) in [5.41, 5.74) is -0.134. The van der Waals surface area contributed by atoms with Gasteiger partial charge in [-0.3, -0.25) is 0 Å². The lowest BCUT2D eigenvalue weighted by Gasteiger charge is -2.30. The van der Waals surface area contributed by atoms with Gasteiger partial charge >= 0.3 is 0 Å². The topological polar surface area (TPSA) is 40.5 Å². The van der Waals surface area contributed by atoms with E-state index in [1.165, 1.54) is 0 Å². The van der Waals surface area contributed by atoms with Gasteiger partial charge in [-0.2, -0.15) is 0 Å². The van der Waals surface area contributed by atoms with Gasteiger partial charge in [-0.05, 0) is 39.5 Å². The van der Waals surface area contributed by atoms with Crippen molar-refractivity contribution in [3.63, 3.8) is 0 Å². The molecular formula is C14H26O2. The lowest BCUT2D eigenvalue weighted by molar-refractivity contribution is 0.0606. The van der Waals surface area contributed by atoms with Gasteiger partial charge < -0.3 is 10.2 Å². The van der Waals surface area contributed by atoms with E-state index in [1.54, 1.807) is 0 Å². The average Bonchev–Trinajstić information content (AvgIpc) is 2.23. The smallest absolute Gasteiger partial charge is 0.0580 e. The molecule has 2 N–H and O–H groups in total. The Hall–Kier alpha value is -0.520. The first-order chi connectivity index (χ1) is 7.45. The van der Waals surface area contributed by atoms with E-state index in [2.05, 4.69) is 32.6 Å². The molecule has 94 valence electrons. The monoisotopic (exact) mass is 226 g/mol. The maximum absolute atomic E-state index is 10.0. The molecule has 2 heteroatoms. The minimum Gasteiger partial charge on any atom is -0.396 e. The van der Waals surface area contributed by atoms with Crippen LogP contribution in [0.15, 0.2) is 0 Å². The van der Waals surface area contributed by atoms with Crippen LogP contribution in [0, 0.1) is 23.2 Å². The lowest BCUT2D eigenvalue weighted by atomic mass is 9.76. The predicted octanol–water partition coefficient (Wildman–Crippen LogP) is 2.59. The van der Waals surface area contributed by atoms with Crippen molar-refractivity contribution in [2.45, 2.75) is 59.5 Å². The van der Waals surface area contributed by atoms with Crippen LogP contribution in [0.2, 0.25) is 0 Å². The molecule has 0 spiro atoms. The molecule has 0 aliphatic carbocycles. The van der Waals surface area contributed by atoms with E-state index in [-0.39, 0.29) is 24.0 Å². The van der Waals surface area contributed by atoms with Crippen molar-refractivity contribution in [3.05, 3.63) is 0 Å². The number of aliphatic hydroxyl groups excluding tert-OH is 2. The molecule has 0 radical (unpaired) electrons. The van der Waals surface area contributed by atoms with Crippen LogP contribution in [0.4, 0.5) is 0 Å². The molecule has 0 aliphatic heterocycles. The van der Waals surface area contributed by atoms with Crippen molar-refractivity contribution in [2.24, 2.45) is 11.3 Å². The summed E-state index contributed by atoms with van der Waals surface area (Å²) in [4.78, 5) is 0. The summed E-state index contributed by atoms with van der Waals surface area (Å²) >= 11 is 0. The van der Waals surface area contributed by atoms with Crippen molar-refractivity contribution in [1.29, 1.82) is 0 Å². The van der Waals surface area contributed by atoms with Crippen LogP contribution in [-0.2, 0) is 0 Å². The molecule has 0 aromatic rings. The fourth-order valence-corrected chi connectivity index (χ4v) is 1.81. The quantitative estimate of drug-likeness (QED) is 0.517. The summed E-state index contributed by atoms with van der Waals surface area (Å²) in [6, 6.07) is 0. The summed E-state index contributed by atoms with van der Waals surface area (Å²) in [6.07, 6.45) is 3.30. The number of rotatable bonds is 7. The van der Waals surface area contributed by atoms with Crippen LogP contribution < -0.4 is 0 Å². The first-order valence-electron chi connectivity index (χ1n) is 6.18. The largest absolute Gasteiger partial charge is 0.396 e. The second kappa shape index (κ2) is 7.70. The van der Waals surface area contributed by atoms with E-state index in [9.17, 15) is 5.11 Å². The SMILES string of the molecule is CC#CC(C)(C)C(C)C(O)CCCCCO. The van der Waals surface area contributed by atoms with Gasteiger partial charge in [-0.1, -0.05) is 25.7 Å². The van der Waals surface area contributed by atoms with E-state index in [0.29, 0.717) is 0 Å².